The second-order valence-corrected chi connectivity index (χ2v) is 5.96. The van der Waals surface area contributed by atoms with E-state index in [0.717, 1.165) is 25.7 Å². The van der Waals surface area contributed by atoms with E-state index < -0.39 is 6.10 Å². The summed E-state index contributed by atoms with van der Waals surface area (Å²) in [7, 11) is 0. The van der Waals surface area contributed by atoms with Gasteiger partial charge in [0.15, 0.2) is 0 Å². The number of phenols is 1. The van der Waals surface area contributed by atoms with Crippen LogP contribution in [-0.4, -0.2) is 34.9 Å². The van der Waals surface area contributed by atoms with Gasteiger partial charge in [-0.2, -0.15) is 0 Å². The van der Waals surface area contributed by atoms with Gasteiger partial charge in [-0.3, -0.25) is 4.79 Å². The Labute approximate surface area is 131 Å². The fourth-order valence-electron chi connectivity index (χ4n) is 2.73. The fourth-order valence-corrected chi connectivity index (χ4v) is 2.73. The minimum absolute atomic E-state index is 0.0559. The van der Waals surface area contributed by atoms with Gasteiger partial charge in [-0.25, -0.2) is 0 Å². The van der Waals surface area contributed by atoms with E-state index in [1.54, 1.807) is 12.1 Å². The number of carbonyl (C=O) groups excluding carboxylic acids is 1. The molecule has 0 amide bonds. The quantitative estimate of drug-likeness (QED) is 0.703. The van der Waals surface area contributed by atoms with Gasteiger partial charge in [0.25, 0.3) is 0 Å². The van der Waals surface area contributed by atoms with Crippen LogP contribution in [0, 0.1) is 0 Å². The number of nitrogens with one attached hydrogen (secondary N) is 1. The lowest BCUT2D eigenvalue weighted by molar-refractivity contribution is -0.149. The average Bonchev–Trinajstić information content (AvgIpc) is 2.53. The number of hydrogen-bond acceptors (Lipinski definition) is 5. The Bertz CT molecular complexity index is 468. The van der Waals surface area contributed by atoms with Crippen LogP contribution in [0.1, 0.15) is 50.7 Å². The number of benzene rings is 1. The summed E-state index contributed by atoms with van der Waals surface area (Å²) in [5.74, 6) is -0.107. The van der Waals surface area contributed by atoms with Crippen molar-refractivity contribution in [2.45, 2.75) is 57.3 Å². The highest BCUT2D eigenvalue weighted by Crippen LogP contribution is 2.21. The van der Waals surface area contributed by atoms with E-state index in [-0.39, 0.29) is 30.4 Å². The van der Waals surface area contributed by atoms with Crippen molar-refractivity contribution in [1.82, 2.24) is 5.32 Å². The van der Waals surface area contributed by atoms with Crippen molar-refractivity contribution >= 4 is 5.97 Å². The Kier molecular flexibility index (Phi) is 6.21. The van der Waals surface area contributed by atoms with Crippen LogP contribution in [0.2, 0.25) is 0 Å². The maximum Gasteiger partial charge on any atom is 0.320 e. The molecule has 22 heavy (non-hydrogen) atoms. The fraction of sp³-hybridized carbons (Fsp3) is 0.588. The summed E-state index contributed by atoms with van der Waals surface area (Å²) in [5, 5.41) is 22.5. The Balaban J connectivity index is 1.75. The third-order valence-electron chi connectivity index (χ3n) is 4.13. The van der Waals surface area contributed by atoms with Crippen LogP contribution in [0.3, 0.4) is 0 Å². The van der Waals surface area contributed by atoms with Gasteiger partial charge >= 0.3 is 5.97 Å². The predicted molar refractivity (Wildman–Crippen MR) is 83.5 cm³/mol. The van der Waals surface area contributed by atoms with Crippen LogP contribution in [0.5, 0.6) is 5.75 Å². The molecule has 1 fully saturated rings. The molecule has 2 unspecified atom stereocenters. The van der Waals surface area contributed by atoms with Gasteiger partial charge in [0.05, 0.1) is 12.6 Å². The van der Waals surface area contributed by atoms with E-state index in [1.165, 1.54) is 18.6 Å². The molecule has 1 aliphatic carbocycles. The molecule has 0 aromatic heterocycles. The SMILES string of the molecule is CC(NCC(=O)OC1CCCCC1)C(O)c1ccc(O)cc1. The minimum Gasteiger partial charge on any atom is -0.508 e. The Hall–Kier alpha value is -1.59. The van der Waals surface area contributed by atoms with Crippen molar-refractivity contribution in [3.8, 4) is 5.75 Å². The summed E-state index contributed by atoms with van der Waals surface area (Å²) >= 11 is 0. The summed E-state index contributed by atoms with van der Waals surface area (Å²) in [5.41, 5.74) is 0.693. The first-order chi connectivity index (χ1) is 10.6. The number of esters is 1. The van der Waals surface area contributed by atoms with E-state index >= 15 is 0 Å². The normalized spacial score (nSPS) is 18.6. The van der Waals surface area contributed by atoms with Gasteiger partial charge in [0.2, 0.25) is 0 Å². The van der Waals surface area contributed by atoms with Crippen LogP contribution in [0.25, 0.3) is 0 Å². The Morgan fingerprint density at radius 2 is 1.91 bits per heavy atom. The third kappa shape index (κ3) is 5.00. The molecule has 2 atom stereocenters. The maximum atomic E-state index is 11.8. The molecule has 122 valence electrons. The van der Waals surface area contributed by atoms with Crippen LogP contribution in [0.15, 0.2) is 24.3 Å². The number of carbonyl (C=O) groups is 1. The third-order valence-corrected chi connectivity index (χ3v) is 4.13. The van der Waals surface area contributed by atoms with Crippen molar-refractivity contribution in [3.63, 3.8) is 0 Å². The molecule has 0 radical (unpaired) electrons. The zero-order valence-electron chi connectivity index (χ0n) is 13.0. The molecule has 0 bridgehead atoms. The monoisotopic (exact) mass is 307 g/mol. The van der Waals surface area contributed by atoms with E-state index in [1.807, 2.05) is 6.92 Å². The summed E-state index contributed by atoms with van der Waals surface area (Å²) in [6, 6.07) is 6.10. The number of rotatable bonds is 6. The van der Waals surface area contributed by atoms with Crippen LogP contribution in [-0.2, 0) is 9.53 Å². The van der Waals surface area contributed by atoms with E-state index in [2.05, 4.69) is 5.32 Å². The summed E-state index contributed by atoms with van der Waals surface area (Å²) in [4.78, 5) is 11.8. The van der Waals surface area contributed by atoms with Gasteiger partial charge in [-0.05, 0) is 50.3 Å². The first-order valence-electron chi connectivity index (χ1n) is 7.96. The number of aliphatic hydroxyl groups excluding tert-OH is 1. The Morgan fingerprint density at radius 1 is 1.27 bits per heavy atom. The molecule has 2 rings (SSSR count). The van der Waals surface area contributed by atoms with E-state index in [9.17, 15) is 15.0 Å². The highest BCUT2D eigenvalue weighted by molar-refractivity contribution is 5.71. The van der Waals surface area contributed by atoms with Crippen LogP contribution >= 0.6 is 0 Å². The molecule has 1 saturated carbocycles. The molecular weight excluding hydrogens is 282 g/mol. The lowest BCUT2D eigenvalue weighted by Crippen LogP contribution is -2.37. The molecule has 0 heterocycles. The minimum atomic E-state index is -0.747. The Morgan fingerprint density at radius 3 is 2.55 bits per heavy atom. The topological polar surface area (TPSA) is 78.8 Å². The first kappa shape index (κ1) is 16.8. The summed E-state index contributed by atoms with van der Waals surface area (Å²) in [6.45, 7) is 1.90. The standard InChI is InChI=1S/C17H25NO4/c1-12(17(21)13-7-9-14(19)10-8-13)18-11-16(20)22-15-5-3-2-4-6-15/h7-10,12,15,17-19,21H,2-6,11H2,1H3. The van der Waals surface area contributed by atoms with Crippen molar-refractivity contribution < 1.29 is 19.7 Å². The number of phenolic OH excluding ortho intramolecular Hbond substituents is 1. The molecule has 0 aliphatic heterocycles. The highest BCUT2D eigenvalue weighted by Gasteiger charge is 2.20. The average molecular weight is 307 g/mol. The second kappa shape index (κ2) is 8.15. The summed E-state index contributed by atoms with van der Waals surface area (Å²) in [6.07, 6.45) is 4.70. The highest BCUT2D eigenvalue weighted by atomic mass is 16.5. The lowest BCUT2D eigenvalue weighted by atomic mass is 9.98. The van der Waals surface area contributed by atoms with Gasteiger partial charge in [-0.1, -0.05) is 18.6 Å². The largest absolute Gasteiger partial charge is 0.508 e. The smallest absolute Gasteiger partial charge is 0.320 e. The number of ether oxygens (including phenoxy) is 1. The lowest BCUT2D eigenvalue weighted by Gasteiger charge is -2.23. The maximum absolute atomic E-state index is 11.8. The molecule has 1 aliphatic rings. The summed E-state index contributed by atoms with van der Waals surface area (Å²) < 4.78 is 5.43. The van der Waals surface area contributed by atoms with Crippen LogP contribution in [0.4, 0.5) is 0 Å². The number of aliphatic hydroxyl groups is 1. The number of hydrogen-bond donors (Lipinski definition) is 3. The molecule has 0 spiro atoms. The molecule has 3 N–H and O–H groups in total. The molecule has 5 heteroatoms. The van der Waals surface area contributed by atoms with Gasteiger partial charge in [-0.15, -0.1) is 0 Å². The predicted octanol–water partition coefficient (Wildman–Crippen LogP) is 2.28. The second-order valence-electron chi connectivity index (χ2n) is 5.96. The number of aromatic hydroxyl groups is 1. The van der Waals surface area contributed by atoms with Crippen LogP contribution < -0.4 is 5.32 Å². The first-order valence-corrected chi connectivity index (χ1v) is 7.96. The van der Waals surface area contributed by atoms with Crippen molar-refractivity contribution in [1.29, 1.82) is 0 Å². The molecule has 1 aromatic rings. The zero-order chi connectivity index (χ0) is 15.9. The van der Waals surface area contributed by atoms with Crippen molar-refractivity contribution in [2.75, 3.05) is 6.54 Å². The van der Waals surface area contributed by atoms with Crippen molar-refractivity contribution in [2.24, 2.45) is 0 Å². The van der Waals surface area contributed by atoms with Gasteiger partial charge in [0, 0.05) is 6.04 Å². The van der Waals surface area contributed by atoms with E-state index in [0.29, 0.717) is 5.56 Å². The molecule has 0 saturated heterocycles. The molecular formula is C17H25NO4. The molecule has 5 nitrogen and oxygen atoms in total. The zero-order valence-corrected chi connectivity index (χ0v) is 13.0. The molecule has 1 aromatic carbocycles. The van der Waals surface area contributed by atoms with Crippen molar-refractivity contribution in [3.05, 3.63) is 29.8 Å². The van der Waals surface area contributed by atoms with Gasteiger partial charge < -0.3 is 20.3 Å². The van der Waals surface area contributed by atoms with Gasteiger partial charge in [0.1, 0.15) is 11.9 Å². The van der Waals surface area contributed by atoms with E-state index in [4.69, 9.17) is 4.74 Å².